The Morgan fingerprint density at radius 1 is 0.667 bits per heavy atom. The van der Waals surface area contributed by atoms with Crippen molar-refractivity contribution in [1.29, 1.82) is 0 Å². The Labute approximate surface area is 154 Å². The van der Waals surface area contributed by atoms with Crippen LogP contribution < -0.4 is 5.73 Å². The molecule has 0 aliphatic rings. The van der Waals surface area contributed by atoms with E-state index in [0.717, 1.165) is 5.69 Å². The fourth-order valence-corrected chi connectivity index (χ4v) is 1.41. The molecule has 3 aromatic rings. The third kappa shape index (κ3) is 28.2. The molecule has 0 spiro atoms. The molecular weight excluding hydrogens is 312 g/mol. The number of aromatic amines is 1. The number of benzene rings is 1. The summed E-state index contributed by atoms with van der Waals surface area (Å²) in [6, 6.07) is 17.4. The predicted molar refractivity (Wildman–Crippen MR) is 117 cm³/mol. The maximum absolute atomic E-state index is 5.36. The lowest BCUT2D eigenvalue weighted by atomic mass is 10.3. The first-order chi connectivity index (χ1) is 11.4. The molecule has 0 radical (unpaired) electrons. The molecule has 0 bridgehead atoms. The van der Waals surface area contributed by atoms with Crippen LogP contribution in [0.25, 0.3) is 0 Å². The second-order valence-electron chi connectivity index (χ2n) is 3.09. The quantitative estimate of drug-likeness (QED) is 0.400. The zero-order valence-electron chi connectivity index (χ0n) is 15.5. The van der Waals surface area contributed by atoms with Gasteiger partial charge in [-0.15, -0.1) is 0 Å². The van der Waals surface area contributed by atoms with E-state index in [1.165, 1.54) is 0 Å². The van der Waals surface area contributed by atoms with Crippen molar-refractivity contribution in [3.05, 3.63) is 77.8 Å². The largest absolute Gasteiger partial charge is 0.399 e. The maximum Gasteiger partial charge on any atom is 0.0313 e. The number of hydrogen-bond donors (Lipinski definition) is 2. The van der Waals surface area contributed by atoms with Crippen LogP contribution >= 0.6 is 11.3 Å². The molecule has 3 N–H and O–H groups in total. The standard InChI is InChI=1S/C6H7N.C4H5N.C4H4S.3C2H6.CH4/c7-6-4-2-1-3-5-6;2*1-2-4-5-3-1;3*1-2;/h1-5H,7H2;1-5H;1-4H;3*1-2H3;1H4. The number of nitrogens with one attached hydrogen (secondary N) is 1. The SMILES string of the molecule is C.CC.CC.CC.Nc1ccccc1.c1cc[nH]c1.c1ccsc1. The summed E-state index contributed by atoms with van der Waals surface area (Å²) in [5.41, 5.74) is 6.18. The van der Waals surface area contributed by atoms with Gasteiger partial charge < -0.3 is 10.7 Å². The molecule has 3 heteroatoms. The number of nitrogens with two attached hydrogens (primary N) is 1. The Balaban J connectivity index is -0.000000107. The predicted octanol–water partition coefficient (Wildman–Crippen LogP) is 7.75. The molecular formula is C21H38N2S. The van der Waals surface area contributed by atoms with E-state index in [1.54, 1.807) is 11.3 Å². The third-order valence-corrected chi connectivity index (χ3v) is 2.35. The average Bonchev–Trinajstić information content (AvgIpc) is 3.39. The molecule has 0 saturated heterocycles. The van der Waals surface area contributed by atoms with Crippen LogP contribution in [-0.2, 0) is 0 Å². The number of hydrogen-bond acceptors (Lipinski definition) is 2. The topological polar surface area (TPSA) is 41.8 Å². The third-order valence-electron chi connectivity index (χ3n) is 1.72. The van der Waals surface area contributed by atoms with Crippen molar-refractivity contribution >= 4 is 17.0 Å². The van der Waals surface area contributed by atoms with Gasteiger partial charge in [-0.2, -0.15) is 11.3 Å². The van der Waals surface area contributed by atoms with Gasteiger partial charge in [0.2, 0.25) is 0 Å². The van der Waals surface area contributed by atoms with Gasteiger partial charge in [-0.05, 0) is 35.0 Å². The first-order valence-corrected chi connectivity index (χ1v) is 9.19. The first-order valence-electron chi connectivity index (χ1n) is 8.25. The molecule has 2 nitrogen and oxygen atoms in total. The number of para-hydroxylation sites is 1. The van der Waals surface area contributed by atoms with Gasteiger partial charge in [-0.3, -0.25) is 0 Å². The fourth-order valence-electron chi connectivity index (χ4n) is 0.958. The minimum absolute atomic E-state index is 0. The number of thiophene rings is 1. The minimum atomic E-state index is 0. The molecule has 0 atom stereocenters. The molecule has 1 aromatic carbocycles. The van der Waals surface area contributed by atoms with Gasteiger partial charge in [0, 0.05) is 18.1 Å². The molecule has 2 heterocycles. The molecule has 2 aromatic heterocycles. The highest BCUT2D eigenvalue weighted by Crippen LogP contribution is 1.95. The Hall–Kier alpha value is -2.00. The van der Waals surface area contributed by atoms with Crippen LogP contribution in [0.4, 0.5) is 5.69 Å². The lowest BCUT2D eigenvalue weighted by Gasteiger charge is -1.83. The van der Waals surface area contributed by atoms with Crippen molar-refractivity contribution in [2.75, 3.05) is 5.73 Å². The molecule has 0 aliphatic carbocycles. The van der Waals surface area contributed by atoms with Gasteiger partial charge >= 0.3 is 0 Å². The molecule has 138 valence electrons. The van der Waals surface area contributed by atoms with Gasteiger partial charge in [-0.1, -0.05) is 79.3 Å². The highest BCUT2D eigenvalue weighted by Gasteiger charge is 1.72. The van der Waals surface area contributed by atoms with Crippen LogP contribution in [-0.4, -0.2) is 4.98 Å². The van der Waals surface area contributed by atoms with E-state index in [1.807, 2.05) is 119 Å². The minimum Gasteiger partial charge on any atom is -0.399 e. The lowest BCUT2D eigenvalue weighted by Crippen LogP contribution is -1.79. The van der Waals surface area contributed by atoms with Gasteiger partial charge in [0.15, 0.2) is 0 Å². The van der Waals surface area contributed by atoms with E-state index in [4.69, 9.17) is 5.73 Å². The van der Waals surface area contributed by atoms with Gasteiger partial charge in [0.05, 0.1) is 0 Å². The number of anilines is 1. The zero-order valence-corrected chi connectivity index (χ0v) is 16.3. The van der Waals surface area contributed by atoms with Crippen LogP contribution in [0.3, 0.4) is 0 Å². The monoisotopic (exact) mass is 350 g/mol. The molecule has 0 saturated carbocycles. The second kappa shape index (κ2) is 32.8. The molecule has 0 unspecified atom stereocenters. The highest BCUT2D eigenvalue weighted by molar-refractivity contribution is 7.07. The number of aromatic nitrogens is 1. The van der Waals surface area contributed by atoms with E-state index in [-0.39, 0.29) is 7.43 Å². The summed E-state index contributed by atoms with van der Waals surface area (Å²) in [5, 5.41) is 4.08. The van der Waals surface area contributed by atoms with Crippen LogP contribution in [0, 0.1) is 0 Å². The zero-order chi connectivity index (χ0) is 18.2. The van der Waals surface area contributed by atoms with Gasteiger partial charge in [0.25, 0.3) is 0 Å². The average molecular weight is 351 g/mol. The lowest BCUT2D eigenvalue weighted by molar-refractivity contribution is 1.42. The van der Waals surface area contributed by atoms with E-state index in [9.17, 15) is 0 Å². The summed E-state index contributed by atoms with van der Waals surface area (Å²) in [7, 11) is 0. The first kappa shape index (κ1) is 29.9. The number of H-pyrrole nitrogens is 1. The van der Waals surface area contributed by atoms with Crippen molar-refractivity contribution in [2.45, 2.75) is 49.0 Å². The summed E-state index contributed by atoms with van der Waals surface area (Å²) in [6.45, 7) is 12.0. The van der Waals surface area contributed by atoms with Crippen molar-refractivity contribution < 1.29 is 0 Å². The van der Waals surface area contributed by atoms with Crippen LogP contribution in [0.1, 0.15) is 49.0 Å². The highest BCUT2D eigenvalue weighted by atomic mass is 32.1. The molecule has 0 fully saturated rings. The molecule has 24 heavy (non-hydrogen) atoms. The van der Waals surface area contributed by atoms with Crippen LogP contribution in [0.5, 0.6) is 0 Å². The summed E-state index contributed by atoms with van der Waals surface area (Å²) in [5.74, 6) is 0. The van der Waals surface area contributed by atoms with Crippen molar-refractivity contribution in [1.82, 2.24) is 4.98 Å². The van der Waals surface area contributed by atoms with Gasteiger partial charge in [0.1, 0.15) is 0 Å². The molecule has 3 rings (SSSR count). The van der Waals surface area contributed by atoms with Gasteiger partial charge in [-0.25, -0.2) is 0 Å². The van der Waals surface area contributed by atoms with Crippen LogP contribution in [0.2, 0.25) is 0 Å². The summed E-state index contributed by atoms with van der Waals surface area (Å²) >= 11 is 1.71. The number of rotatable bonds is 0. The van der Waals surface area contributed by atoms with Crippen molar-refractivity contribution in [3.63, 3.8) is 0 Å². The Bertz CT molecular complexity index is 373. The molecule has 0 aliphatic heterocycles. The Kier molecular flexibility index (Phi) is 40.9. The van der Waals surface area contributed by atoms with Crippen LogP contribution in [0.15, 0.2) is 77.8 Å². The van der Waals surface area contributed by atoms with E-state index in [0.29, 0.717) is 0 Å². The Morgan fingerprint density at radius 2 is 1.08 bits per heavy atom. The molecule has 0 amide bonds. The maximum atomic E-state index is 5.36. The summed E-state index contributed by atoms with van der Waals surface area (Å²) in [6.07, 6.45) is 3.75. The van der Waals surface area contributed by atoms with Crippen molar-refractivity contribution in [3.8, 4) is 0 Å². The fraction of sp³-hybridized carbons (Fsp3) is 0.333. The summed E-state index contributed by atoms with van der Waals surface area (Å²) < 4.78 is 0. The van der Waals surface area contributed by atoms with E-state index < -0.39 is 0 Å². The smallest absolute Gasteiger partial charge is 0.0313 e. The van der Waals surface area contributed by atoms with Crippen molar-refractivity contribution in [2.24, 2.45) is 0 Å². The normalized spacial score (nSPS) is 6.58. The second-order valence-corrected chi connectivity index (χ2v) is 3.91. The summed E-state index contributed by atoms with van der Waals surface area (Å²) in [4.78, 5) is 2.86. The number of nitrogen functional groups attached to an aromatic ring is 1. The Morgan fingerprint density at radius 3 is 1.25 bits per heavy atom. The van der Waals surface area contributed by atoms with E-state index >= 15 is 0 Å². The van der Waals surface area contributed by atoms with E-state index in [2.05, 4.69) is 4.98 Å².